The molecule has 0 aliphatic carbocycles. The largest absolute Gasteiger partial charge is 0.464 e. The van der Waals surface area contributed by atoms with Crippen molar-refractivity contribution in [3.8, 4) is 0 Å². The molecule has 110 valence electrons. The second kappa shape index (κ2) is 5.85. The first-order valence-electron chi connectivity index (χ1n) is 6.22. The minimum Gasteiger partial charge on any atom is -0.464 e. The Bertz CT molecular complexity index is 528. The van der Waals surface area contributed by atoms with Crippen LogP contribution in [0.5, 0.6) is 0 Å². The van der Waals surface area contributed by atoms with E-state index in [2.05, 4.69) is 9.72 Å². The summed E-state index contributed by atoms with van der Waals surface area (Å²) in [4.78, 5) is 27.9. The molecular weight excluding hydrogens is 262 g/mol. The average molecular weight is 281 g/mol. The van der Waals surface area contributed by atoms with Crippen molar-refractivity contribution in [3.05, 3.63) is 27.9 Å². The summed E-state index contributed by atoms with van der Waals surface area (Å²) in [6.07, 6.45) is 0.769. The number of anilines is 1. The van der Waals surface area contributed by atoms with Crippen LogP contribution in [-0.4, -0.2) is 35.6 Å². The SMILES string of the molecule is CCC(C)(C)N(C)c1nc(C(=O)OC)ccc1[N+](=O)[O-]. The van der Waals surface area contributed by atoms with Crippen LogP contribution in [0, 0.1) is 10.1 Å². The van der Waals surface area contributed by atoms with Gasteiger partial charge in [0.05, 0.1) is 12.0 Å². The Morgan fingerprint density at radius 1 is 1.50 bits per heavy atom. The van der Waals surface area contributed by atoms with E-state index in [9.17, 15) is 14.9 Å². The molecule has 0 amide bonds. The van der Waals surface area contributed by atoms with Gasteiger partial charge in [0.2, 0.25) is 5.82 Å². The molecule has 7 heteroatoms. The van der Waals surface area contributed by atoms with Crippen LogP contribution in [0.4, 0.5) is 11.5 Å². The van der Waals surface area contributed by atoms with Gasteiger partial charge in [-0.25, -0.2) is 9.78 Å². The minimum atomic E-state index is -0.621. The van der Waals surface area contributed by atoms with Gasteiger partial charge in [0.25, 0.3) is 0 Å². The number of aromatic nitrogens is 1. The third kappa shape index (κ3) is 3.04. The summed E-state index contributed by atoms with van der Waals surface area (Å²) in [5.74, 6) is -0.464. The number of pyridine rings is 1. The van der Waals surface area contributed by atoms with E-state index in [1.807, 2.05) is 20.8 Å². The van der Waals surface area contributed by atoms with Crippen molar-refractivity contribution in [1.82, 2.24) is 4.98 Å². The Hall–Kier alpha value is -2.18. The number of methoxy groups -OCH3 is 1. The van der Waals surface area contributed by atoms with E-state index in [0.29, 0.717) is 0 Å². The van der Waals surface area contributed by atoms with Crippen LogP contribution < -0.4 is 4.90 Å². The number of carbonyl (C=O) groups is 1. The van der Waals surface area contributed by atoms with E-state index in [0.717, 1.165) is 6.42 Å². The zero-order valence-corrected chi connectivity index (χ0v) is 12.3. The Morgan fingerprint density at radius 3 is 2.55 bits per heavy atom. The molecule has 0 aliphatic heterocycles. The molecule has 1 aromatic heterocycles. The lowest BCUT2D eigenvalue weighted by molar-refractivity contribution is -0.384. The Balaban J connectivity index is 3.40. The number of hydrogen-bond donors (Lipinski definition) is 0. The zero-order valence-electron chi connectivity index (χ0n) is 12.3. The minimum absolute atomic E-state index is 0.0480. The highest BCUT2D eigenvalue weighted by Gasteiger charge is 2.29. The van der Waals surface area contributed by atoms with Crippen LogP contribution in [0.15, 0.2) is 12.1 Å². The molecule has 1 heterocycles. The standard InChI is InChI=1S/C13H19N3O4/c1-6-13(2,3)15(4)11-10(16(18)19)8-7-9(14-11)12(17)20-5/h7-8H,6H2,1-5H3. The van der Waals surface area contributed by atoms with Crippen LogP contribution in [-0.2, 0) is 4.74 Å². The van der Waals surface area contributed by atoms with Gasteiger partial charge in [0.1, 0.15) is 0 Å². The summed E-state index contributed by atoms with van der Waals surface area (Å²) in [5, 5.41) is 11.1. The molecule has 0 saturated carbocycles. The van der Waals surface area contributed by atoms with Gasteiger partial charge in [-0.1, -0.05) is 6.92 Å². The van der Waals surface area contributed by atoms with Crippen LogP contribution in [0.3, 0.4) is 0 Å². The maximum absolute atomic E-state index is 11.5. The Morgan fingerprint density at radius 2 is 2.10 bits per heavy atom. The van der Waals surface area contributed by atoms with E-state index in [4.69, 9.17) is 0 Å². The van der Waals surface area contributed by atoms with E-state index < -0.39 is 10.9 Å². The molecule has 0 radical (unpaired) electrons. The maximum Gasteiger partial charge on any atom is 0.356 e. The third-order valence-corrected chi connectivity index (χ3v) is 3.54. The molecule has 0 atom stereocenters. The number of carbonyl (C=O) groups excluding carboxylic acids is 1. The molecule has 0 N–H and O–H groups in total. The van der Waals surface area contributed by atoms with Gasteiger partial charge >= 0.3 is 11.7 Å². The normalized spacial score (nSPS) is 11.1. The van der Waals surface area contributed by atoms with Gasteiger partial charge < -0.3 is 9.64 Å². The second-order valence-corrected chi connectivity index (χ2v) is 5.01. The summed E-state index contributed by atoms with van der Waals surface area (Å²) in [7, 11) is 2.96. The molecular formula is C13H19N3O4. The second-order valence-electron chi connectivity index (χ2n) is 5.01. The highest BCUT2D eigenvalue weighted by molar-refractivity contribution is 5.88. The van der Waals surface area contributed by atoms with E-state index in [1.54, 1.807) is 11.9 Å². The summed E-state index contributed by atoms with van der Waals surface area (Å²) in [6, 6.07) is 2.57. The Labute approximate surface area is 117 Å². The highest BCUT2D eigenvalue weighted by Crippen LogP contribution is 2.31. The fourth-order valence-corrected chi connectivity index (χ4v) is 1.57. The van der Waals surface area contributed by atoms with Crippen molar-refractivity contribution in [2.75, 3.05) is 19.1 Å². The van der Waals surface area contributed by atoms with Gasteiger partial charge in [0, 0.05) is 18.7 Å². The van der Waals surface area contributed by atoms with Gasteiger partial charge in [-0.15, -0.1) is 0 Å². The van der Waals surface area contributed by atoms with E-state index >= 15 is 0 Å². The number of hydrogen-bond acceptors (Lipinski definition) is 6. The average Bonchev–Trinajstić information content (AvgIpc) is 2.44. The first-order valence-corrected chi connectivity index (χ1v) is 6.22. The van der Waals surface area contributed by atoms with Crippen molar-refractivity contribution in [2.24, 2.45) is 0 Å². The predicted molar refractivity (Wildman–Crippen MR) is 75.0 cm³/mol. The molecule has 0 bridgehead atoms. The van der Waals surface area contributed by atoms with Crippen LogP contribution in [0.1, 0.15) is 37.7 Å². The van der Waals surface area contributed by atoms with Crippen molar-refractivity contribution in [2.45, 2.75) is 32.7 Å². The fraction of sp³-hybridized carbons (Fsp3) is 0.538. The molecule has 1 rings (SSSR count). The third-order valence-electron chi connectivity index (χ3n) is 3.54. The summed E-state index contributed by atoms with van der Waals surface area (Å²) >= 11 is 0. The van der Waals surface area contributed by atoms with E-state index in [-0.39, 0.29) is 22.7 Å². The number of ether oxygens (including phenoxy) is 1. The maximum atomic E-state index is 11.5. The highest BCUT2D eigenvalue weighted by atomic mass is 16.6. The predicted octanol–water partition coefficient (Wildman–Crippen LogP) is 2.40. The first-order chi connectivity index (χ1) is 9.24. The first kappa shape index (κ1) is 15.9. The topological polar surface area (TPSA) is 85.6 Å². The zero-order chi connectivity index (χ0) is 15.5. The molecule has 0 aliphatic rings. The molecule has 0 unspecified atom stereocenters. The van der Waals surface area contributed by atoms with Gasteiger partial charge in [-0.3, -0.25) is 10.1 Å². The number of nitro groups is 1. The van der Waals surface area contributed by atoms with Crippen molar-refractivity contribution < 1.29 is 14.5 Å². The lowest BCUT2D eigenvalue weighted by Gasteiger charge is -2.35. The van der Waals surface area contributed by atoms with Gasteiger partial charge in [-0.05, 0) is 26.3 Å². The lowest BCUT2D eigenvalue weighted by atomic mass is 10.00. The lowest BCUT2D eigenvalue weighted by Crippen LogP contribution is -2.41. The van der Waals surface area contributed by atoms with Crippen LogP contribution >= 0.6 is 0 Å². The van der Waals surface area contributed by atoms with Crippen LogP contribution in [0.2, 0.25) is 0 Å². The monoisotopic (exact) mass is 281 g/mol. The number of esters is 1. The molecule has 0 saturated heterocycles. The molecule has 0 spiro atoms. The van der Waals surface area contributed by atoms with Crippen LogP contribution in [0.25, 0.3) is 0 Å². The molecule has 0 fully saturated rings. The molecule has 20 heavy (non-hydrogen) atoms. The number of rotatable bonds is 5. The summed E-state index contributed by atoms with van der Waals surface area (Å²) < 4.78 is 4.59. The molecule has 7 nitrogen and oxygen atoms in total. The summed E-state index contributed by atoms with van der Waals surface area (Å²) in [6.45, 7) is 5.87. The van der Waals surface area contributed by atoms with Crippen molar-refractivity contribution in [1.29, 1.82) is 0 Å². The van der Waals surface area contributed by atoms with Crippen molar-refractivity contribution in [3.63, 3.8) is 0 Å². The summed E-state index contributed by atoms with van der Waals surface area (Å²) in [5.41, 5.74) is -0.416. The fourth-order valence-electron chi connectivity index (χ4n) is 1.57. The number of nitrogens with zero attached hydrogens (tertiary/aromatic N) is 3. The Kier molecular flexibility index (Phi) is 4.65. The molecule has 0 aromatic carbocycles. The van der Waals surface area contributed by atoms with Crippen molar-refractivity contribution >= 4 is 17.5 Å². The molecule has 1 aromatic rings. The van der Waals surface area contributed by atoms with E-state index in [1.165, 1.54) is 19.2 Å². The van der Waals surface area contributed by atoms with Gasteiger partial charge in [-0.2, -0.15) is 0 Å². The van der Waals surface area contributed by atoms with Gasteiger partial charge in [0.15, 0.2) is 5.69 Å². The smallest absolute Gasteiger partial charge is 0.356 e. The quantitative estimate of drug-likeness (QED) is 0.468.